The van der Waals surface area contributed by atoms with Crippen molar-refractivity contribution in [3.8, 4) is 0 Å². The van der Waals surface area contributed by atoms with E-state index in [4.69, 9.17) is 9.47 Å². The van der Waals surface area contributed by atoms with Gasteiger partial charge in [0.05, 0.1) is 26.1 Å². The van der Waals surface area contributed by atoms with Crippen molar-refractivity contribution in [1.82, 2.24) is 0 Å². The van der Waals surface area contributed by atoms with Crippen LogP contribution in [0.15, 0.2) is 0 Å². The largest absolute Gasteiger partial charge is 0.469 e. The molecule has 0 aromatic rings. The predicted molar refractivity (Wildman–Crippen MR) is 92.6 cm³/mol. The molecule has 13 saturated carbocycles. The van der Waals surface area contributed by atoms with Crippen molar-refractivity contribution in [2.45, 2.75) is 0 Å². The average molecular weight is 404 g/mol. The molecular weight excluding hydrogens is 384 g/mol. The maximum absolute atomic E-state index is 13.8. The van der Waals surface area contributed by atoms with Crippen LogP contribution in [0.25, 0.3) is 0 Å². The van der Waals surface area contributed by atoms with Gasteiger partial charge in [0.1, 0.15) is 11.6 Å². The molecule has 4 spiro atoms. The Labute approximate surface area is 171 Å². The van der Waals surface area contributed by atoms with Gasteiger partial charge in [0, 0.05) is 23.7 Å². The van der Waals surface area contributed by atoms with Gasteiger partial charge < -0.3 is 9.47 Å². The number of hydrogen-bond donors (Lipinski definition) is 0. The lowest BCUT2D eigenvalue weighted by atomic mass is 9.28. The smallest absolute Gasteiger partial charge is 0.309 e. The van der Waals surface area contributed by atoms with Crippen LogP contribution in [0, 0.1) is 105 Å². The van der Waals surface area contributed by atoms with Gasteiger partial charge >= 0.3 is 11.9 Å². The molecule has 0 heterocycles. The summed E-state index contributed by atoms with van der Waals surface area (Å²) >= 11 is 0. The summed E-state index contributed by atoms with van der Waals surface area (Å²) in [6.07, 6.45) is 0. The van der Waals surface area contributed by atoms with Crippen LogP contribution in [0.4, 0.5) is 0 Å². The summed E-state index contributed by atoms with van der Waals surface area (Å²) in [4.78, 5) is 54.0. The maximum atomic E-state index is 13.8. The van der Waals surface area contributed by atoms with Crippen LogP contribution in [0.1, 0.15) is 0 Å². The topological polar surface area (TPSA) is 86.7 Å². The molecule has 30 heavy (non-hydrogen) atoms. The number of ketones is 2. The molecule has 0 saturated heterocycles. The fourth-order valence-electron chi connectivity index (χ4n) is 16.9. The Balaban J connectivity index is 1.36. The van der Waals surface area contributed by atoms with Crippen molar-refractivity contribution in [3.05, 3.63) is 0 Å². The minimum Gasteiger partial charge on any atom is -0.469 e. The summed E-state index contributed by atoms with van der Waals surface area (Å²) in [7, 11) is 2.99. The molecule has 8 atom stereocenters. The minimum absolute atomic E-state index is 0.00664. The zero-order chi connectivity index (χ0) is 19.8. The first-order valence-electron chi connectivity index (χ1n) is 11.7. The quantitative estimate of drug-likeness (QED) is 0.611. The molecule has 0 aromatic carbocycles. The van der Waals surface area contributed by atoms with Crippen molar-refractivity contribution in [2.75, 3.05) is 14.2 Å². The van der Waals surface area contributed by atoms with Gasteiger partial charge in [-0.3, -0.25) is 19.2 Å². The van der Waals surface area contributed by atoms with E-state index in [0.717, 1.165) is 0 Å². The predicted octanol–water partition coefficient (Wildman–Crippen LogP) is 0.193. The number of methoxy groups -OCH3 is 2. The highest BCUT2D eigenvalue weighted by Gasteiger charge is 3.24. The summed E-state index contributed by atoms with van der Waals surface area (Å²) in [6, 6.07) is 0. The van der Waals surface area contributed by atoms with E-state index in [2.05, 4.69) is 0 Å². The number of esters is 2. The molecule has 0 radical (unpaired) electrons. The van der Waals surface area contributed by atoms with Crippen LogP contribution < -0.4 is 0 Å². The lowest BCUT2D eigenvalue weighted by Gasteiger charge is -2.73. The van der Waals surface area contributed by atoms with E-state index < -0.39 is 0 Å². The molecule has 8 bridgehead atoms. The van der Waals surface area contributed by atoms with Gasteiger partial charge in [-0.25, -0.2) is 0 Å². The van der Waals surface area contributed by atoms with E-state index >= 15 is 0 Å². The molecular formula is C24H20O6. The van der Waals surface area contributed by atoms with E-state index in [9.17, 15) is 19.2 Å². The average Bonchev–Trinajstić information content (AvgIpc) is 3.54. The summed E-state index contributed by atoms with van der Waals surface area (Å²) in [5.41, 5.74) is -0.661. The van der Waals surface area contributed by atoms with Crippen LogP contribution in [-0.2, 0) is 28.7 Å². The maximum Gasteiger partial charge on any atom is 0.309 e. The monoisotopic (exact) mass is 404 g/mol. The molecule has 6 heteroatoms. The van der Waals surface area contributed by atoms with Crippen molar-refractivity contribution < 1.29 is 28.7 Å². The van der Waals surface area contributed by atoms with Gasteiger partial charge in [-0.2, -0.15) is 0 Å². The Hall–Kier alpha value is -1.72. The van der Waals surface area contributed by atoms with Crippen LogP contribution >= 0.6 is 0 Å². The second kappa shape index (κ2) is 3.07. The van der Waals surface area contributed by atoms with Gasteiger partial charge in [0.15, 0.2) is 0 Å². The van der Waals surface area contributed by atoms with E-state index in [1.807, 2.05) is 0 Å². The van der Waals surface area contributed by atoms with Gasteiger partial charge in [0.2, 0.25) is 0 Å². The highest BCUT2D eigenvalue weighted by molar-refractivity contribution is 6.09. The van der Waals surface area contributed by atoms with Gasteiger partial charge in [0.25, 0.3) is 0 Å². The Bertz CT molecular complexity index is 1030. The molecule has 0 N–H and O–H groups in total. The summed E-state index contributed by atoms with van der Waals surface area (Å²) in [5.74, 6) is 2.23. The van der Waals surface area contributed by atoms with Gasteiger partial charge in [-0.15, -0.1) is 0 Å². The third kappa shape index (κ3) is 0.607. The van der Waals surface area contributed by atoms with Crippen molar-refractivity contribution in [3.63, 3.8) is 0 Å². The lowest BCUT2D eigenvalue weighted by molar-refractivity contribution is -0.297. The van der Waals surface area contributed by atoms with Crippen LogP contribution in [0.5, 0.6) is 0 Å². The van der Waals surface area contributed by atoms with Gasteiger partial charge in [-0.05, 0) is 69.0 Å². The Morgan fingerprint density at radius 3 is 1.17 bits per heavy atom. The Morgan fingerprint density at radius 1 is 0.600 bits per heavy atom. The Morgan fingerprint density at radius 2 is 0.900 bits per heavy atom. The van der Waals surface area contributed by atoms with E-state index in [0.29, 0.717) is 23.4 Å². The molecule has 6 nitrogen and oxygen atoms in total. The lowest BCUT2D eigenvalue weighted by Crippen LogP contribution is -2.73. The number of carbonyl (C=O) groups is 4. The molecule has 13 aliphatic rings. The zero-order valence-corrected chi connectivity index (χ0v) is 16.5. The second-order valence-electron chi connectivity index (χ2n) is 12.7. The summed E-state index contributed by atoms with van der Waals surface area (Å²) in [6.45, 7) is 0. The van der Waals surface area contributed by atoms with Crippen molar-refractivity contribution >= 4 is 23.5 Å². The Kier molecular flexibility index (Phi) is 1.47. The number of rotatable bonds is 2. The molecule has 8 unspecified atom stereocenters. The van der Waals surface area contributed by atoms with Crippen molar-refractivity contribution in [1.29, 1.82) is 0 Å². The minimum atomic E-state index is -0.165. The molecule has 0 aromatic heterocycles. The molecule has 13 aliphatic carbocycles. The second-order valence-corrected chi connectivity index (χ2v) is 12.7. The number of carbonyl (C=O) groups excluding carboxylic acids is 4. The normalized spacial score (nSPS) is 80.6. The van der Waals surface area contributed by atoms with E-state index in [1.165, 1.54) is 14.2 Å². The summed E-state index contributed by atoms with van der Waals surface area (Å²) in [5, 5.41) is 0. The highest BCUT2D eigenvalue weighted by atomic mass is 16.5. The molecule has 13 fully saturated rings. The third-order valence-corrected chi connectivity index (χ3v) is 14.6. The fraction of sp³-hybridized carbons (Fsp3) is 0.833. The van der Waals surface area contributed by atoms with E-state index in [-0.39, 0.29) is 105 Å². The molecule has 0 aliphatic heterocycles. The first-order chi connectivity index (χ1) is 14.5. The highest BCUT2D eigenvalue weighted by Crippen LogP contribution is 3.22. The van der Waals surface area contributed by atoms with Gasteiger partial charge in [-0.1, -0.05) is 0 Å². The van der Waals surface area contributed by atoms with E-state index in [1.54, 1.807) is 0 Å². The van der Waals surface area contributed by atoms with Crippen molar-refractivity contribution in [2.24, 2.45) is 105 Å². The SMILES string of the molecule is COC(=O)C1C2C3C4C1C15C6C(=O)C7C8C6C6C(=O)C8C8(C3C(C(=O)OC)C4C618)C725. The zero-order valence-electron chi connectivity index (χ0n) is 16.5. The first-order valence-corrected chi connectivity index (χ1v) is 11.7. The van der Waals surface area contributed by atoms with Crippen LogP contribution in [0.3, 0.4) is 0 Å². The third-order valence-electron chi connectivity index (χ3n) is 14.6. The molecule has 13 rings (SSSR count). The number of hydrogen-bond acceptors (Lipinski definition) is 6. The molecule has 0 amide bonds. The van der Waals surface area contributed by atoms with Crippen LogP contribution in [0.2, 0.25) is 0 Å². The summed E-state index contributed by atoms with van der Waals surface area (Å²) < 4.78 is 10.7. The number of ether oxygens (including phenoxy) is 2. The standard InChI is InChI=1S/C24H20O6/c1-29-19(27)7-9-3-4-10(7)22-14-6-5-13(17(14)25)21(9,22)23-11(3)8(20(28)30-2)12(4)24(22,23)16(6)18(26)15(5)23/h3-16H,1-2H3. The fourth-order valence-corrected chi connectivity index (χ4v) is 16.9. The molecule has 152 valence electrons. The first kappa shape index (κ1) is 14.4. The number of Topliss-reactive ketones (excluding diaryl/α,β-unsaturated/α-hetero) is 2. The van der Waals surface area contributed by atoms with Crippen LogP contribution in [-0.4, -0.2) is 37.7 Å².